The van der Waals surface area contributed by atoms with Crippen molar-refractivity contribution in [3.05, 3.63) is 46.7 Å². The molecule has 6 heteroatoms. The van der Waals surface area contributed by atoms with E-state index >= 15 is 0 Å². The molecule has 1 aromatic heterocycles. The fourth-order valence-corrected chi connectivity index (χ4v) is 5.29. The smallest absolute Gasteiger partial charge is 0.264 e. The van der Waals surface area contributed by atoms with E-state index in [0.29, 0.717) is 26.2 Å². The summed E-state index contributed by atoms with van der Waals surface area (Å²) in [5.41, 5.74) is 2.06. The summed E-state index contributed by atoms with van der Waals surface area (Å²) in [5.74, 6) is 0.312. The van der Waals surface area contributed by atoms with E-state index in [0.717, 1.165) is 28.8 Å². The number of piperidine rings is 1. The lowest BCUT2D eigenvalue weighted by molar-refractivity contribution is -0.148. The van der Waals surface area contributed by atoms with Crippen molar-refractivity contribution in [1.29, 1.82) is 0 Å². The summed E-state index contributed by atoms with van der Waals surface area (Å²) in [5, 5.41) is 1.98. The molecule has 0 radical (unpaired) electrons. The van der Waals surface area contributed by atoms with Gasteiger partial charge < -0.3 is 14.5 Å². The van der Waals surface area contributed by atoms with E-state index in [-0.39, 0.29) is 29.9 Å². The summed E-state index contributed by atoms with van der Waals surface area (Å²) < 4.78 is 5.75. The van der Waals surface area contributed by atoms with Gasteiger partial charge in [-0.2, -0.15) is 0 Å². The van der Waals surface area contributed by atoms with Crippen molar-refractivity contribution in [1.82, 2.24) is 9.80 Å². The van der Waals surface area contributed by atoms with E-state index in [2.05, 4.69) is 0 Å². The second-order valence-electron chi connectivity index (χ2n) is 8.10. The molecule has 2 atom stereocenters. The van der Waals surface area contributed by atoms with Crippen molar-refractivity contribution in [3.63, 3.8) is 0 Å². The highest BCUT2D eigenvalue weighted by atomic mass is 32.1. The Labute approximate surface area is 176 Å². The van der Waals surface area contributed by atoms with Gasteiger partial charge >= 0.3 is 0 Å². The number of hydrogen-bond acceptors (Lipinski definition) is 4. The van der Waals surface area contributed by atoms with Crippen molar-refractivity contribution in [2.75, 3.05) is 26.2 Å². The number of carbonyl (C=O) groups excluding carboxylic acids is 2. The van der Waals surface area contributed by atoms with Crippen LogP contribution in [0.3, 0.4) is 0 Å². The largest absolute Gasteiger partial charge is 0.372 e. The van der Waals surface area contributed by atoms with Crippen LogP contribution in [0, 0.1) is 5.92 Å². The van der Waals surface area contributed by atoms with Crippen LogP contribution in [-0.4, -0.2) is 60.0 Å². The van der Waals surface area contributed by atoms with Gasteiger partial charge in [0.15, 0.2) is 0 Å². The minimum absolute atomic E-state index is 0.00785. The Kier molecular flexibility index (Phi) is 6.01. The second-order valence-corrected chi connectivity index (χ2v) is 9.01. The molecule has 2 fully saturated rings. The summed E-state index contributed by atoms with van der Waals surface area (Å²) in [7, 11) is 0. The number of ether oxygens (including phenoxy) is 1. The first-order valence-electron chi connectivity index (χ1n) is 10.4. The molecule has 2 aliphatic rings. The minimum atomic E-state index is 0.00785. The van der Waals surface area contributed by atoms with Crippen LogP contribution in [0.2, 0.25) is 0 Å². The number of thiophene rings is 1. The number of amides is 2. The average Bonchev–Trinajstić information content (AvgIpc) is 3.23. The molecule has 0 aliphatic carbocycles. The number of carbonyl (C=O) groups is 2. The third kappa shape index (κ3) is 4.38. The molecule has 4 rings (SSSR count). The van der Waals surface area contributed by atoms with Crippen molar-refractivity contribution in [2.45, 2.75) is 38.9 Å². The number of likely N-dealkylation sites (tertiary alicyclic amines) is 1. The normalized spacial score (nSPS) is 23.2. The lowest BCUT2D eigenvalue weighted by Crippen LogP contribution is -2.51. The SMILES string of the molecule is CC1CN(C(=O)C2CCN(C(=O)c3sccc3-c3ccccc3)CC2)CC(C)O1. The topological polar surface area (TPSA) is 49.9 Å². The fraction of sp³-hybridized carbons (Fsp3) is 0.478. The van der Waals surface area contributed by atoms with Gasteiger partial charge in [-0.1, -0.05) is 30.3 Å². The van der Waals surface area contributed by atoms with Crippen LogP contribution in [0.4, 0.5) is 0 Å². The van der Waals surface area contributed by atoms with Crippen molar-refractivity contribution in [3.8, 4) is 11.1 Å². The van der Waals surface area contributed by atoms with Crippen LogP contribution in [-0.2, 0) is 9.53 Å². The van der Waals surface area contributed by atoms with Crippen LogP contribution in [0.15, 0.2) is 41.8 Å². The first-order chi connectivity index (χ1) is 14.0. The lowest BCUT2D eigenvalue weighted by Gasteiger charge is -2.39. The Hall–Kier alpha value is -2.18. The van der Waals surface area contributed by atoms with E-state index < -0.39 is 0 Å². The van der Waals surface area contributed by atoms with E-state index in [1.165, 1.54) is 11.3 Å². The lowest BCUT2D eigenvalue weighted by atomic mass is 9.94. The Morgan fingerprint density at radius 1 is 0.966 bits per heavy atom. The average molecular weight is 413 g/mol. The maximum Gasteiger partial charge on any atom is 0.264 e. The number of morpholine rings is 1. The molecule has 29 heavy (non-hydrogen) atoms. The Balaban J connectivity index is 1.38. The number of hydrogen-bond donors (Lipinski definition) is 0. The molecule has 1 aromatic carbocycles. The van der Waals surface area contributed by atoms with Gasteiger partial charge in [0.25, 0.3) is 5.91 Å². The molecular weight excluding hydrogens is 384 g/mol. The molecule has 2 unspecified atom stereocenters. The minimum Gasteiger partial charge on any atom is -0.372 e. The van der Waals surface area contributed by atoms with Gasteiger partial charge in [0.2, 0.25) is 5.91 Å². The van der Waals surface area contributed by atoms with Crippen molar-refractivity contribution < 1.29 is 14.3 Å². The van der Waals surface area contributed by atoms with Crippen LogP contribution in [0.5, 0.6) is 0 Å². The van der Waals surface area contributed by atoms with Gasteiger partial charge in [0.05, 0.1) is 17.1 Å². The zero-order chi connectivity index (χ0) is 20.4. The molecule has 154 valence electrons. The van der Waals surface area contributed by atoms with Crippen molar-refractivity contribution in [2.24, 2.45) is 5.92 Å². The van der Waals surface area contributed by atoms with E-state index in [9.17, 15) is 9.59 Å². The maximum absolute atomic E-state index is 13.1. The van der Waals surface area contributed by atoms with Gasteiger partial charge in [0.1, 0.15) is 0 Å². The van der Waals surface area contributed by atoms with Crippen LogP contribution >= 0.6 is 11.3 Å². The highest BCUT2D eigenvalue weighted by Crippen LogP contribution is 2.31. The molecule has 5 nitrogen and oxygen atoms in total. The van der Waals surface area contributed by atoms with Gasteiger partial charge in [-0.25, -0.2) is 0 Å². The third-order valence-corrected chi connectivity index (χ3v) is 6.71. The number of benzene rings is 1. The number of rotatable bonds is 3. The van der Waals surface area contributed by atoms with Gasteiger partial charge in [0, 0.05) is 37.7 Å². The zero-order valence-corrected chi connectivity index (χ0v) is 17.9. The summed E-state index contributed by atoms with van der Waals surface area (Å²) in [6, 6.07) is 12.1. The quantitative estimate of drug-likeness (QED) is 0.768. The predicted molar refractivity (Wildman–Crippen MR) is 115 cm³/mol. The summed E-state index contributed by atoms with van der Waals surface area (Å²) in [4.78, 5) is 30.8. The third-order valence-electron chi connectivity index (χ3n) is 5.81. The molecule has 0 spiro atoms. The zero-order valence-electron chi connectivity index (χ0n) is 17.0. The van der Waals surface area contributed by atoms with Crippen LogP contribution in [0.25, 0.3) is 11.1 Å². The molecule has 3 heterocycles. The number of nitrogens with zero attached hydrogens (tertiary/aromatic N) is 2. The summed E-state index contributed by atoms with van der Waals surface area (Å²) in [6.45, 7) is 6.63. The Bertz CT molecular complexity index is 848. The Morgan fingerprint density at radius 2 is 1.62 bits per heavy atom. The molecular formula is C23H28N2O3S. The summed E-state index contributed by atoms with van der Waals surface area (Å²) >= 11 is 1.50. The van der Waals surface area contributed by atoms with Crippen LogP contribution < -0.4 is 0 Å². The van der Waals surface area contributed by atoms with E-state index in [1.807, 2.05) is 65.4 Å². The van der Waals surface area contributed by atoms with Gasteiger partial charge in [-0.15, -0.1) is 11.3 Å². The molecule has 2 aromatic rings. The van der Waals surface area contributed by atoms with Crippen molar-refractivity contribution >= 4 is 23.2 Å². The summed E-state index contributed by atoms with van der Waals surface area (Å²) in [6.07, 6.45) is 1.63. The maximum atomic E-state index is 13.1. The highest BCUT2D eigenvalue weighted by molar-refractivity contribution is 7.12. The molecule has 0 N–H and O–H groups in total. The monoisotopic (exact) mass is 412 g/mol. The molecule has 0 saturated carbocycles. The second kappa shape index (κ2) is 8.67. The Morgan fingerprint density at radius 3 is 2.28 bits per heavy atom. The predicted octanol–water partition coefficient (Wildman–Crippen LogP) is 3.90. The molecule has 2 saturated heterocycles. The first kappa shape index (κ1) is 20.1. The standard InChI is InChI=1S/C23H28N2O3S/c1-16-14-25(15-17(2)28-16)22(26)19-8-11-24(12-9-19)23(27)21-20(10-13-29-21)18-6-4-3-5-7-18/h3-7,10,13,16-17,19H,8-9,11-12,14-15H2,1-2H3. The highest BCUT2D eigenvalue weighted by Gasteiger charge is 2.34. The van der Waals surface area contributed by atoms with E-state index in [4.69, 9.17) is 4.74 Å². The molecule has 2 amide bonds. The van der Waals surface area contributed by atoms with E-state index in [1.54, 1.807) is 0 Å². The molecule has 2 aliphatic heterocycles. The van der Waals surface area contributed by atoms with Gasteiger partial charge in [-0.3, -0.25) is 9.59 Å². The molecule has 0 bridgehead atoms. The van der Waals surface area contributed by atoms with Crippen LogP contribution in [0.1, 0.15) is 36.4 Å². The first-order valence-corrected chi connectivity index (χ1v) is 11.3. The fourth-order valence-electron chi connectivity index (χ4n) is 4.41. The van der Waals surface area contributed by atoms with Gasteiger partial charge in [-0.05, 0) is 43.7 Å².